The fraction of sp³-hybridized carbons (Fsp3) is 0.847. The van der Waals surface area contributed by atoms with Crippen molar-refractivity contribution in [2.75, 3.05) is 13.2 Å². The van der Waals surface area contributed by atoms with Crippen molar-refractivity contribution in [3.63, 3.8) is 0 Å². The SMILES string of the molecule is CC/C=C\C/C=C\C/C=C\CCCCCCCCCCCC(=O)OCC(COC(=O)CCCCCCCCCCCCC)OC(=O)CCCCCCCCCCCCCCCCCCC. The Morgan fingerprint density at radius 1 is 0.323 bits per heavy atom. The van der Waals surface area contributed by atoms with Crippen molar-refractivity contribution in [3.8, 4) is 0 Å². The third-order valence-electron chi connectivity index (χ3n) is 12.7. The van der Waals surface area contributed by atoms with E-state index < -0.39 is 6.10 Å². The average molecular weight is 914 g/mol. The van der Waals surface area contributed by atoms with Gasteiger partial charge >= 0.3 is 17.9 Å². The molecule has 0 aromatic heterocycles. The molecule has 0 fully saturated rings. The molecule has 0 aromatic rings. The van der Waals surface area contributed by atoms with Crippen LogP contribution in [0.1, 0.15) is 303 Å². The normalized spacial score (nSPS) is 12.2. The van der Waals surface area contributed by atoms with E-state index in [0.29, 0.717) is 19.3 Å². The second kappa shape index (κ2) is 54.2. The van der Waals surface area contributed by atoms with E-state index in [4.69, 9.17) is 14.2 Å². The maximum absolute atomic E-state index is 12.8. The first kappa shape index (κ1) is 62.6. The Balaban J connectivity index is 4.29. The van der Waals surface area contributed by atoms with Crippen LogP contribution in [0, 0.1) is 0 Å². The minimum absolute atomic E-state index is 0.0688. The number of esters is 3. The lowest BCUT2D eigenvalue weighted by Gasteiger charge is -2.18. The van der Waals surface area contributed by atoms with Gasteiger partial charge in [-0.15, -0.1) is 0 Å². The molecule has 6 heteroatoms. The molecule has 65 heavy (non-hydrogen) atoms. The van der Waals surface area contributed by atoms with Gasteiger partial charge in [0.1, 0.15) is 13.2 Å². The van der Waals surface area contributed by atoms with Crippen LogP contribution >= 0.6 is 0 Å². The predicted molar refractivity (Wildman–Crippen MR) is 279 cm³/mol. The molecule has 6 nitrogen and oxygen atoms in total. The van der Waals surface area contributed by atoms with E-state index in [1.807, 2.05) is 0 Å². The number of carbonyl (C=O) groups excluding carboxylic acids is 3. The Kier molecular flexibility index (Phi) is 52.3. The molecule has 0 amide bonds. The number of allylic oxidation sites excluding steroid dienone is 6. The summed E-state index contributed by atoms with van der Waals surface area (Å²) in [7, 11) is 0. The molecule has 1 unspecified atom stereocenters. The van der Waals surface area contributed by atoms with Crippen LogP contribution in [0.5, 0.6) is 0 Å². The van der Waals surface area contributed by atoms with E-state index in [1.165, 1.54) is 186 Å². The molecule has 0 aliphatic rings. The molecular weight excluding hydrogens is 805 g/mol. The summed E-state index contributed by atoms with van der Waals surface area (Å²) in [5, 5.41) is 0. The first-order valence-corrected chi connectivity index (χ1v) is 28.5. The van der Waals surface area contributed by atoms with Crippen LogP contribution in [0.2, 0.25) is 0 Å². The van der Waals surface area contributed by atoms with Crippen LogP contribution in [0.3, 0.4) is 0 Å². The molecule has 0 rings (SSSR count). The third kappa shape index (κ3) is 52.5. The quantitative estimate of drug-likeness (QED) is 0.0262. The zero-order valence-corrected chi connectivity index (χ0v) is 43.5. The fourth-order valence-electron chi connectivity index (χ4n) is 8.40. The standard InChI is InChI=1S/C59H108O6/c1-4-7-10-13-16-19-22-24-26-28-29-31-32-34-37-40-43-46-49-52-58(61)64-55-56(54-63-57(60)51-48-45-42-39-36-21-18-15-12-9-6-3)65-59(62)53-50-47-44-41-38-35-33-30-27-25-23-20-17-14-11-8-5-2/h7,10,16,19,24,26,56H,4-6,8-9,11-15,17-18,20-23,25,27-55H2,1-3H3/b10-7-,19-16-,26-24-. The first-order valence-electron chi connectivity index (χ1n) is 28.5. The molecule has 0 saturated carbocycles. The van der Waals surface area contributed by atoms with Crippen molar-refractivity contribution in [2.24, 2.45) is 0 Å². The van der Waals surface area contributed by atoms with Gasteiger partial charge in [0.2, 0.25) is 0 Å². The highest BCUT2D eigenvalue weighted by Gasteiger charge is 2.19. The van der Waals surface area contributed by atoms with Crippen molar-refractivity contribution in [1.82, 2.24) is 0 Å². The Labute approximate surface area is 404 Å². The van der Waals surface area contributed by atoms with E-state index in [-0.39, 0.29) is 31.1 Å². The van der Waals surface area contributed by atoms with Crippen LogP contribution in [0.15, 0.2) is 36.5 Å². The number of hydrogen-bond donors (Lipinski definition) is 0. The van der Waals surface area contributed by atoms with Gasteiger partial charge in [0.05, 0.1) is 0 Å². The van der Waals surface area contributed by atoms with Crippen molar-refractivity contribution in [1.29, 1.82) is 0 Å². The zero-order chi connectivity index (χ0) is 47.2. The zero-order valence-electron chi connectivity index (χ0n) is 43.5. The number of unbranched alkanes of at least 4 members (excludes halogenated alkanes) is 35. The molecular formula is C59H108O6. The van der Waals surface area contributed by atoms with Crippen molar-refractivity contribution >= 4 is 17.9 Å². The van der Waals surface area contributed by atoms with Crippen LogP contribution in [-0.2, 0) is 28.6 Å². The Morgan fingerprint density at radius 3 is 0.938 bits per heavy atom. The number of hydrogen-bond acceptors (Lipinski definition) is 6. The summed E-state index contributed by atoms with van der Waals surface area (Å²) in [6, 6.07) is 0. The van der Waals surface area contributed by atoms with Gasteiger partial charge in [-0.25, -0.2) is 0 Å². The van der Waals surface area contributed by atoms with Gasteiger partial charge in [0.25, 0.3) is 0 Å². The van der Waals surface area contributed by atoms with E-state index in [0.717, 1.165) is 77.0 Å². The van der Waals surface area contributed by atoms with E-state index in [2.05, 4.69) is 57.2 Å². The highest BCUT2D eigenvalue weighted by atomic mass is 16.6. The van der Waals surface area contributed by atoms with Crippen LogP contribution in [0.25, 0.3) is 0 Å². The number of ether oxygens (including phenoxy) is 3. The van der Waals surface area contributed by atoms with Crippen LogP contribution in [-0.4, -0.2) is 37.2 Å². The summed E-state index contributed by atoms with van der Waals surface area (Å²) in [4.78, 5) is 38.1. The van der Waals surface area contributed by atoms with Gasteiger partial charge < -0.3 is 14.2 Å². The molecule has 380 valence electrons. The molecule has 0 aliphatic carbocycles. The molecule has 0 aliphatic heterocycles. The fourth-order valence-corrected chi connectivity index (χ4v) is 8.40. The molecule has 0 radical (unpaired) electrons. The lowest BCUT2D eigenvalue weighted by Crippen LogP contribution is -2.30. The van der Waals surface area contributed by atoms with Crippen molar-refractivity contribution in [2.45, 2.75) is 309 Å². The Bertz CT molecular complexity index is 1090. The van der Waals surface area contributed by atoms with Gasteiger partial charge in [-0.2, -0.15) is 0 Å². The monoisotopic (exact) mass is 913 g/mol. The van der Waals surface area contributed by atoms with Crippen molar-refractivity contribution < 1.29 is 28.6 Å². The highest BCUT2D eigenvalue weighted by molar-refractivity contribution is 5.71. The number of carbonyl (C=O) groups is 3. The van der Waals surface area contributed by atoms with E-state index in [9.17, 15) is 14.4 Å². The first-order chi connectivity index (χ1) is 32.0. The van der Waals surface area contributed by atoms with Gasteiger partial charge in [-0.05, 0) is 51.4 Å². The molecule has 0 saturated heterocycles. The topological polar surface area (TPSA) is 78.9 Å². The third-order valence-corrected chi connectivity index (χ3v) is 12.7. The highest BCUT2D eigenvalue weighted by Crippen LogP contribution is 2.17. The van der Waals surface area contributed by atoms with Gasteiger partial charge in [0, 0.05) is 19.3 Å². The molecule has 1 atom stereocenters. The maximum atomic E-state index is 12.8. The summed E-state index contributed by atoms with van der Waals surface area (Å²) in [5.41, 5.74) is 0. The van der Waals surface area contributed by atoms with E-state index >= 15 is 0 Å². The number of rotatable bonds is 52. The van der Waals surface area contributed by atoms with E-state index in [1.54, 1.807) is 0 Å². The summed E-state index contributed by atoms with van der Waals surface area (Å²) >= 11 is 0. The smallest absolute Gasteiger partial charge is 0.306 e. The van der Waals surface area contributed by atoms with Gasteiger partial charge in [-0.3, -0.25) is 14.4 Å². The molecule has 0 spiro atoms. The van der Waals surface area contributed by atoms with Crippen LogP contribution < -0.4 is 0 Å². The summed E-state index contributed by atoms with van der Waals surface area (Å²) in [6.45, 7) is 6.56. The summed E-state index contributed by atoms with van der Waals surface area (Å²) < 4.78 is 16.9. The Morgan fingerprint density at radius 2 is 0.600 bits per heavy atom. The predicted octanol–water partition coefficient (Wildman–Crippen LogP) is 18.9. The molecule has 0 N–H and O–H groups in total. The maximum Gasteiger partial charge on any atom is 0.306 e. The average Bonchev–Trinajstić information content (AvgIpc) is 3.30. The lowest BCUT2D eigenvalue weighted by atomic mass is 10.0. The second-order valence-electron chi connectivity index (χ2n) is 19.2. The minimum Gasteiger partial charge on any atom is -0.462 e. The summed E-state index contributed by atoms with van der Waals surface area (Å²) in [6.07, 6.45) is 64.2. The lowest BCUT2D eigenvalue weighted by molar-refractivity contribution is -0.167. The van der Waals surface area contributed by atoms with Gasteiger partial charge in [0.15, 0.2) is 6.10 Å². The summed E-state index contributed by atoms with van der Waals surface area (Å²) in [5.74, 6) is -0.857. The second-order valence-corrected chi connectivity index (χ2v) is 19.2. The molecule has 0 heterocycles. The van der Waals surface area contributed by atoms with Gasteiger partial charge in [-0.1, -0.05) is 269 Å². The molecule has 0 bridgehead atoms. The van der Waals surface area contributed by atoms with Crippen molar-refractivity contribution in [3.05, 3.63) is 36.5 Å². The minimum atomic E-state index is -0.769. The Hall–Kier alpha value is -2.37. The molecule has 0 aromatic carbocycles. The largest absolute Gasteiger partial charge is 0.462 e. The van der Waals surface area contributed by atoms with Crippen LogP contribution in [0.4, 0.5) is 0 Å².